The maximum Gasteiger partial charge on any atom is 0.264 e. The van der Waals surface area contributed by atoms with E-state index >= 15 is 0 Å². The lowest BCUT2D eigenvalue weighted by Crippen LogP contribution is -2.52. The zero-order chi connectivity index (χ0) is 34.9. The first-order valence-electron chi connectivity index (χ1n) is 17.4. The summed E-state index contributed by atoms with van der Waals surface area (Å²) in [4.78, 5) is 35.6. The van der Waals surface area contributed by atoms with Gasteiger partial charge in [-0.1, -0.05) is 54.1 Å². The monoisotopic (exact) mass is 702 g/mol. The third kappa shape index (κ3) is 6.66. The summed E-state index contributed by atoms with van der Waals surface area (Å²) in [7, 11) is 0. The molecule has 0 aliphatic carbocycles. The van der Waals surface area contributed by atoms with Crippen molar-refractivity contribution < 1.29 is 24.2 Å². The summed E-state index contributed by atoms with van der Waals surface area (Å²) in [6, 6.07) is 31.7. The van der Waals surface area contributed by atoms with Crippen LogP contribution in [-0.2, 0) is 35.6 Å². The Morgan fingerprint density at radius 3 is 2.27 bits per heavy atom. The van der Waals surface area contributed by atoms with E-state index in [1.54, 1.807) is 35.2 Å². The van der Waals surface area contributed by atoms with Gasteiger partial charge in [0.15, 0.2) is 0 Å². The Bertz CT molecular complexity index is 2060. The van der Waals surface area contributed by atoms with Gasteiger partial charge in [-0.3, -0.25) is 19.4 Å². The lowest BCUT2D eigenvalue weighted by Gasteiger charge is -2.40. The number of fused-ring (bicyclic) bond motifs is 2. The Balaban J connectivity index is 1.20. The van der Waals surface area contributed by atoms with E-state index in [0.29, 0.717) is 66.0 Å². The average Bonchev–Trinajstić information content (AvgIpc) is 3.56. The van der Waals surface area contributed by atoms with Crippen molar-refractivity contribution in [1.29, 1.82) is 0 Å². The Hall–Kier alpha value is -4.93. The van der Waals surface area contributed by atoms with Crippen LogP contribution in [-0.4, -0.2) is 76.8 Å². The summed E-state index contributed by atoms with van der Waals surface area (Å²) in [6.07, 6.45) is 0.769. The van der Waals surface area contributed by atoms with Crippen LogP contribution in [0.3, 0.4) is 0 Å². The number of halogens is 1. The van der Waals surface area contributed by atoms with Gasteiger partial charge in [-0.05, 0) is 78.2 Å². The van der Waals surface area contributed by atoms with E-state index in [0.717, 1.165) is 43.0 Å². The minimum absolute atomic E-state index is 0.0227. The predicted octanol–water partition coefficient (Wildman–Crippen LogP) is 6.92. The maximum atomic E-state index is 14.9. The van der Waals surface area contributed by atoms with Gasteiger partial charge < -0.3 is 24.0 Å². The van der Waals surface area contributed by atoms with E-state index < -0.39 is 0 Å². The van der Waals surface area contributed by atoms with Crippen molar-refractivity contribution in [2.45, 2.75) is 32.2 Å². The molecule has 1 fully saturated rings. The molecule has 4 heterocycles. The summed E-state index contributed by atoms with van der Waals surface area (Å²) in [5.41, 5.74) is 6.87. The molecule has 0 radical (unpaired) electrons. The van der Waals surface area contributed by atoms with Gasteiger partial charge >= 0.3 is 0 Å². The van der Waals surface area contributed by atoms with E-state index in [1.165, 1.54) is 5.56 Å². The molecule has 0 saturated carbocycles. The highest BCUT2D eigenvalue weighted by atomic mass is 35.5. The number of amides is 2. The number of hydrogen-bond acceptors (Lipinski definition) is 6. The number of aromatic nitrogens is 1. The van der Waals surface area contributed by atoms with Crippen LogP contribution in [0.5, 0.6) is 5.75 Å². The highest BCUT2D eigenvalue weighted by molar-refractivity contribution is 6.31. The fraction of sp³-hybridized carbons (Fsp3) is 0.268. The molecule has 4 aromatic carbocycles. The largest absolute Gasteiger partial charge is 0.508 e. The molecule has 9 nitrogen and oxygen atoms in total. The van der Waals surface area contributed by atoms with Gasteiger partial charge in [-0.15, -0.1) is 0 Å². The molecule has 51 heavy (non-hydrogen) atoms. The molecule has 5 aromatic rings. The summed E-state index contributed by atoms with van der Waals surface area (Å²) < 4.78 is 13.6. The number of phenolic OH excluding ortho intramolecular Hbond substituents is 1. The number of benzene rings is 4. The highest BCUT2D eigenvalue weighted by Gasteiger charge is 2.35. The smallest absolute Gasteiger partial charge is 0.264 e. The number of rotatable bonds is 7. The van der Waals surface area contributed by atoms with Crippen LogP contribution in [0.2, 0.25) is 5.02 Å². The van der Waals surface area contributed by atoms with E-state index in [1.807, 2.05) is 59.5 Å². The molecule has 1 aromatic heterocycles. The maximum absolute atomic E-state index is 14.9. The van der Waals surface area contributed by atoms with Gasteiger partial charge in [0.25, 0.3) is 11.8 Å². The van der Waals surface area contributed by atoms with Gasteiger partial charge in [0, 0.05) is 66.3 Å². The average molecular weight is 703 g/mol. The van der Waals surface area contributed by atoms with Crippen LogP contribution < -0.4 is 4.90 Å². The standard InChI is InChI=1S/C41H39ClN4O5/c42-30-10-15-35(40(48)45-25-29-7-5-4-6-28(29)22-33(45)26-43-16-19-50-20-17-43)36(23-30)38-24-37(39-27-51-21-18-44(38)39)41(49)46(31-8-2-1-3-9-31)32-11-13-34(47)14-12-32/h1-15,23-24,33,47H,16-22,25-27H2/t33-/m0/s1. The minimum Gasteiger partial charge on any atom is -0.508 e. The number of carbonyl (C=O) groups excluding carboxylic acids is 2. The third-order valence-electron chi connectivity index (χ3n) is 10.1. The van der Waals surface area contributed by atoms with Crippen LogP contribution in [0.25, 0.3) is 11.3 Å². The first-order chi connectivity index (χ1) is 24.9. The van der Waals surface area contributed by atoms with Gasteiger partial charge in [-0.2, -0.15) is 0 Å². The van der Waals surface area contributed by atoms with Crippen molar-refractivity contribution in [3.8, 4) is 17.0 Å². The van der Waals surface area contributed by atoms with Crippen molar-refractivity contribution in [2.75, 3.05) is 44.4 Å². The van der Waals surface area contributed by atoms with Crippen LogP contribution in [0.4, 0.5) is 11.4 Å². The Morgan fingerprint density at radius 1 is 0.784 bits per heavy atom. The summed E-state index contributed by atoms with van der Waals surface area (Å²) >= 11 is 6.68. The first kappa shape index (κ1) is 33.2. The van der Waals surface area contributed by atoms with E-state index in [2.05, 4.69) is 27.7 Å². The SMILES string of the molecule is O=C(c1cc(-c2cc(Cl)ccc2C(=O)N2Cc3ccccc3C[C@H]2CN2CCOCC2)n2c1COCC2)N(c1ccccc1)c1ccc(O)cc1. The van der Waals surface area contributed by atoms with Crippen molar-refractivity contribution >= 4 is 34.8 Å². The zero-order valence-corrected chi connectivity index (χ0v) is 29.0. The molecule has 1 saturated heterocycles. The third-order valence-corrected chi connectivity index (χ3v) is 10.4. The van der Waals surface area contributed by atoms with Gasteiger partial charge in [0.1, 0.15) is 5.75 Å². The van der Waals surface area contributed by atoms with Crippen LogP contribution >= 0.6 is 11.6 Å². The second-order valence-electron chi connectivity index (χ2n) is 13.2. The molecule has 3 aliphatic heterocycles. The van der Waals surface area contributed by atoms with Crippen LogP contribution in [0, 0.1) is 0 Å². The van der Waals surface area contributed by atoms with Gasteiger partial charge in [0.05, 0.1) is 43.4 Å². The molecule has 260 valence electrons. The number of ether oxygens (including phenoxy) is 2. The van der Waals surface area contributed by atoms with Crippen LogP contribution in [0.15, 0.2) is 103 Å². The number of para-hydroxylation sites is 1. The number of morpholine rings is 1. The Labute approximate surface area is 302 Å². The number of phenols is 1. The predicted molar refractivity (Wildman–Crippen MR) is 197 cm³/mol. The molecule has 2 amide bonds. The van der Waals surface area contributed by atoms with E-state index in [-0.39, 0.29) is 30.2 Å². The van der Waals surface area contributed by atoms with E-state index in [9.17, 15) is 14.7 Å². The topological polar surface area (TPSA) is 87.5 Å². The number of nitrogens with zero attached hydrogens (tertiary/aromatic N) is 4. The molecule has 3 aliphatic rings. The lowest BCUT2D eigenvalue weighted by molar-refractivity contribution is 0.0193. The van der Waals surface area contributed by atoms with Crippen molar-refractivity contribution in [3.63, 3.8) is 0 Å². The van der Waals surface area contributed by atoms with Gasteiger partial charge in [-0.25, -0.2) is 0 Å². The normalized spacial score (nSPS) is 17.4. The van der Waals surface area contributed by atoms with Gasteiger partial charge in [0.2, 0.25) is 0 Å². The number of aromatic hydroxyl groups is 1. The molecule has 0 spiro atoms. The van der Waals surface area contributed by atoms with Crippen molar-refractivity contribution in [1.82, 2.24) is 14.4 Å². The lowest BCUT2D eigenvalue weighted by atomic mass is 9.92. The molecule has 1 N–H and O–H groups in total. The van der Waals surface area contributed by atoms with Crippen molar-refractivity contribution in [3.05, 3.63) is 136 Å². The molecular formula is C41H39ClN4O5. The van der Waals surface area contributed by atoms with E-state index in [4.69, 9.17) is 21.1 Å². The highest BCUT2D eigenvalue weighted by Crippen LogP contribution is 2.37. The summed E-state index contributed by atoms with van der Waals surface area (Å²) in [5.74, 6) is -0.209. The second-order valence-corrected chi connectivity index (χ2v) is 13.7. The number of anilines is 2. The molecular weight excluding hydrogens is 664 g/mol. The molecule has 0 bridgehead atoms. The quantitative estimate of drug-likeness (QED) is 0.198. The fourth-order valence-corrected chi connectivity index (χ4v) is 7.73. The molecule has 0 unspecified atom stereocenters. The molecule has 1 atom stereocenters. The second kappa shape index (κ2) is 14.4. The Kier molecular flexibility index (Phi) is 9.36. The number of hydrogen-bond donors (Lipinski definition) is 1. The molecule has 10 heteroatoms. The summed E-state index contributed by atoms with van der Waals surface area (Å²) in [5, 5.41) is 10.5. The number of carbonyl (C=O) groups is 2. The fourth-order valence-electron chi connectivity index (χ4n) is 7.56. The van der Waals surface area contributed by atoms with Crippen molar-refractivity contribution in [2.24, 2.45) is 0 Å². The minimum atomic E-state index is -0.250. The first-order valence-corrected chi connectivity index (χ1v) is 17.8. The summed E-state index contributed by atoms with van der Waals surface area (Å²) in [6.45, 7) is 5.56. The molecule has 8 rings (SSSR count). The zero-order valence-electron chi connectivity index (χ0n) is 28.2. The van der Waals surface area contributed by atoms with Crippen LogP contribution in [0.1, 0.15) is 37.5 Å². The Morgan fingerprint density at radius 2 is 1.49 bits per heavy atom.